The summed E-state index contributed by atoms with van der Waals surface area (Å²) in [5.74, 6) is 1.91. The molecular weight excluding hydrogens is 374 g/mol. The Hall–Kier alpha value is -3.09. The Balaban J connectivity index is 1.26. The van der Waals surface area contributed by atoms with Crippen LogP contribution in [0.15, 0.2) is 59.7 Å². The van der Waals surface area contributed by atoms with E-state index in [0.29, 0.717) is 6.04 Å². The Morgan fingerprint density at radius 1 is 1.07 bits per heavy atom. The Morgan fingerprint density at radius 3 is 2.67 bits per heavy atom. The number of aromatic nitrogens is 3. The highest BCUT2D eigenvalue weighted by Crippen LogP contribution is 2.19. The van der Waals surface area contributed by atoms with Gasteiger partial charge in [-0.3, -0.25) is 9.39 Å². The third-order valence-corrected chi connectivity index (χ3v) is 5.51. The van der Waals surface area contributed by atoms with Crippen LogP contribution < -0.4 is 15.5 Å². The molecule has 0 spiro atoms. The minimum Gasteiger partial charge on any atom is -0.371 e. The van der Waals surface area contributed by atoms with Gasteiger partial charge in [0.05, 0.1) is 0 Å². The van der Waals surface area contributed by atoms with Crippen molar-refractivity contribution in [1.29, 1.82) is 0 Å². The molecule has 1 aliphatic heterocycles. The molecule has 0 radical (unpaired) electrons. The minimum atomic E-state index is 0.461. The lowest BCUT2D eigenvalue weighted by Crippen LogP contribution is -2.48. The van der Waals surface area contributed by atoms with E-state index >= 15 is 0 Å². The third kappa shape index (κ3) is 5.09. The summed E-state index contributed by atoms with van der Waals surface area (Å²) in [7, 11) is 0. The van der Waals surface area contributed by atoms with Gasteiger partial charge in [-0.15, -0.1) is 10.2 Å². The number of hydrogen-bond acceptors (Lipinski definition) is 4. The fourth-order valence-corrected chi connectivity index (χ4v) is 3.92. The normalized spacial score (nSPS) is 15.5. The van der Waals surface area contributed by atoms with E-state index < -0.39 is 0 Å². The number of benzene rings is 1. The first-order valence-corrected chi connectivity index (χ1v) is 11.0. The van der Waals surface area contributed by atoms with Gasteiger partial charge in [0.25, 0.3) is 0 Å². The lowest BCUT2D eigenvalue weighted by atomic mass is 10.0. The number of piperidine rings is 1. The number of nitrogens with zero attached hydrogens (tertiary/aromatic N) is 5. The van der Waals surface area contributed by atoms with E-state index in [1.165, 1.54) is 5.69 Å². The quantitative estimate of drug-likeness (QED) is 0.359. The van der Waals surface area contributed by atoms with E-state index in [1.54, 1.807) is 0 Å². The first-order chi connectivity index (χ1) is 14.8. The highest BCUT2D eigenvalue weighted by molar-refractivity contribution is 5.80. The van der Waals surface area contributed by atoms with E-state index in [2.05, 4.69) is 63.0 Å². The van der Waals surface area contributed by atoms with Gasteiger partial charge < -0.3 is 15.5 Å². The number of aliphatic imine (C=N–C) groups is 1. The fourth-order valence-electron chi connectivity index (χ4n) is 3.92. The number of pyridine rings is 1. The molecule has 0 atom stereocenters. The summed E-state index contributed by atoms with van der Waals surface area (Å²) < 4.78 is 2.05. The molecule has 7 nitrogen and oxygen atoms in total. The van der Waals surface area contributed by atoms with Crippen molar-refractivity contribution in [3.63, 3.8) is 0 Å². The molecule has 0 unspecified atom stereocenters. The van der Waals surface area contributed by atoms with Crippen molar-refractivity contribution >= 4 is 17.3 Å². The molecule has 4 rings (SSSR count). The maximum atomic E-state index is 4.79. The molecule has 1 fully saturated rings. The molecule has 2 aromatic heterocycles. The van der Waals surface area contributed by atoms with Gasteiger partial charge in [0.1, 0.15) is 5.82 Å². The Kier molecular flexibility index (Phi) is 6.79. The van der Waals surface area contributed by atoms with E-state index in [-0.39, 0.29) is 0 Å². The van der Waals surface area contributed by atoms with Gasteiger partial charge >= 0.3 is 0 Å². The maximum absolute atomic E-state index is 4.79. The molecule has 30 heavy (non-hydrogen) atoms. The predicted octanol–water partition coefficient (Wildman–Crippen LogP) is 2.89. The van der Waals surface area contributed by atoms with Gasteiger partial charge in [-0.25, -0.2) is 0 Å². The smallest absolute Gasteiger partial charge is 0.191 e. The van der Waals surface area contributed by atoms with Crippen molar-refractivity contribution in [1.82, 2.24) is 25.2 Å². The van der Waals surface area contributed by atoms with Crippen LogP contribution in [0.2, 0.25) is 0 Å². The third-order valence-electron chi connectivity index (χ3n) is 5.51. The highest BCUT2D eigenvalue weighted by Gasteiger charge is 2.20. The van der Waals surface area contributed by atoms with E-state index in [9.17, 15) is 0 Å². The second kappa shape index (κ2) is 10.1. The Labute approximate surface area is 178 Å². The standard InChI is InChI=1S/C23H31N7/c1-2-24-23(25-15-8-12-22-28-27-21-11-6-7-16-30(21)22)26-19-13-17-29(18-14-19)20-9-4-3-5-10-20/h3-7,9-11,16,19H,2,8,12-15,17-18H2,1H3,(H2,24,25,26). The van der Waals surface area contributed by atoms with Crippen molar-refractivity contribution in [2.75, 3.05) is 31.1 Å². The number of para-hydroxylation sites is 1. The fraction of sp³-hybridized carbons (Fsp3) is 0.435. The molecule has 3 heterocycles. The zero-order chi connectivity index (χ0) is 20.6. The van der Waals surface area contributed by atoms with E-state index in [0.717, 1.165) is 69.3 Å². The van der Waals surface area contributed by atoms with Gasteiger partial charge in [0.2, 0.25) is 0 Å². The largest absolute Gasteiger partial charge is 0.371 e. The molecule has 0 amide bonds. The van der Waals surface area contributed by atoms with Crippen LogP contribution in [-0.4, -0.2) is 52.8 Å². The summed E-state index contributed by atoms with van der Waals surface area (Å²) in [6.45, 7) is 5.88. The number of aryl methyl sites for hydroxylation is 1. The monoisotopic (exact) mass is 405 g/mol. The number of rotatable bonds is 7. The Bertz CT molecular complexity index is 942. The average molecular weight is 406 g/mol. The second-order valence-corrected chi connectivity index (χ2v) is 7.65. The zero-order valence-corrected chi connectivity index (χ0v) is 17.7. The molecule has 1 saturated heterocycles. The molecule has 1 aliphatic rings. The van der Waals surface area contributed by atoms with Gasteiger partial charge in [-0.05, 0) is 50.5 Å². The molecule has 0 aliphatic carbocycles. The predicted molar refractivity (Wildman–Crippen MR) is 122 cm³/mol. The first kappa shape index (κ1) is 20.2. The van der Waals surface area contributed by atoms with Crippen LogP contribution in [0.25, 0.3) is 5.65 Å². The first-order valence-electron chi connectivity index (χ1n) is 11.0. The van der Waals surface area contributed by atoms with E-state index in [1.807, 2.05) is 28.8 Å². The van der Waals surface area contributed by atoms with Gasteiger partial charge in [-0.1, -0.05) is 24.3 Å². The van der Waals surface area contributed by atoms with E-state index in [4.69, 9.17) is 4.99 Å². The minimum absolute atomic E-state index is 0.461. The van der Waals surface area contributed by atoms with Crippen LogP contribution >= 0.6 is 0 Å². The maximum Gasteiger partial charge on any atom is 0.191 e. The van der Waals surface area contributed by atoms with Crippen molar-refractivity contribution in [2.45, 2.75) is 38.6 Å². The average Bonchev–Trinajstić information content (AvgIpc) is 3.21. The van der Waals surface area contributed by atoms with Crippen molar-refractivity contribution in [2.24, 2.45) is 4.99 Å². The summed E-state index contributed by atoms with van der Waals surface area (Å²) in [6, 6.07) is 17.1. The number of nitrogens with one attached hydrogen (secondary N) is 2. The van der Waals surface area contributed by atoms with Crippen molar-refractivity contribution < 1.29 is 0 Å². The van der Waals surface area contributed by atoms with Crippen LogP contribution in [0.5, 0.6) is 0 Å². The summed E-state index contributed by atoms with van der Waals surface area (Å²) in [4.78, 5) is 7.25. The van der Waals surface area contributed by atoms with Gasteiger partial charge in [0.15, 0.2) is 11.6 Å². The summed E-state index contributed by atoms with van der Waals surface area (Å²) in [5.41, 5.74) is 2.21. The lowest BCUT2D eigenvalue weighted by Gasteiger charge is -2.34. The molecule has 0 bridgehead atoms. The summed E-state index contributed by atoms with van der Waals surface area (Å²) >= 11 is 0. The van der Waals surface area contributed by atoms with Crippen LogP contribution in [0.3, 0.4) is 0 Å². The molecule has 158 valence electrons. The molecule has 7 heteroatoms. The molecule has 3 aromatic rings. The van der Waals surface area contributed by atoms with Crippen molar-refractivity contribution in [3.05, 3.63) is 60.6 Å². The molecule has 0 saturated carbocycles. The SMILES string of the molecule is CCNC(=NCCCc1nnc2ccccn12)NC1CCN(c2ccccc2)CC1. The topological polar surface area (TPSA) is 69.8 Å². The molecule has 1 aromatic carbocycles. The number of anilines is 1. The van der Waals surface area contributed by atoms with Gasteiger partial charge in [0, 0.05) is 50.5 Å². The highest BCUT2D eigenvalue weighted by atomic mass is 15.2. The second-order valence-electron chi connectivity index (χ2n) is 7.65. The molecule has 2 N–H and O–H groups in total. The Morgan fingerprint density at radius 2 is 1.87 bits per heavy atom. The summed E-state index contributed by atoms with van der Waals surface area (Å²) in [6.07, 6.45) is 6.06. The van der Waals surface area contributed by atoms with Crippen LogP contribution in [0.4, 0.5) is 5.69 Å². The zero-order valence-electron chi connectivity index (χ0n) is 17.7. The number of guanidine groups is 1. The van der Waals surface area contributed by atoms with Crippen LogP contribution in [0.1, 0.15) is 32.0 Å². The van der Waals surface area contributed by atoms with Crippen LogP contribution in [-0.2, 0) is 6.42 Å². The van der Waals surface area contributed by atoms with Gasteiger partial charge in [-0.2, -0.15) is 0 Å². The number of hydrogen-bond donors (Lipinski definition) is 2. The number of fused-ring (bicyclic) bond motifs is 1. The molecular formula is C23H31N7. The summed E-state index contributed by atoms with van der Waals surface area (Å²) in [5, 5.41) is 15.5. The van der Waals surface area contributed by atoms with Crippen molar-refractivity contribution in [3.8, 4) is 0 Å². The van der Waals surface area contributed by atoms with Crippen LogP contribution in [0, 0.1) is 0 Å². The lowest BCUT2D eigenvalue weighted by molar-refractivity contribution is 0.461.